The molecule has 0 atom stereocenters. The summed E-state index contributed by atoms with van der Waals surface area (Å²) in [4.78, 5) is 15.9. The highest BCUT2D eigenvalue weighted by atomic mass is 35.5. The van der Waals surface area contributed by atoms with E-state index in [1.165, 1.54) is 12.3 Å². The molecule has 0 spiro atoms. The number of para-hydroxylation sites is 1. The molecule has 0 saturated heterocycles. The van der Waals surface area contributed by atoms with Gasteiger partial charge < -0.3 is 10.1 Å². The highest BCUT2D eigenvalue weighted by molar-refractivity contribution is 6.30. The summed E-state index contributed by atoms with van der Waals surface area (Å²) in [6.45, 7) is 2.69. The topological polar surface area (TPSA) is 51.2 Å². The Hall–Kier alpha value is -2.33. The molecule has 5 heteroatoms. The van der Waals surface area contributed by atoms with E-state index < -0.39 is 0 Å². The molecule has 0 aliphatic heterocycles. The second-order valence-electron chi connectivity index (χ2n) is 4.57. The fourth-order valence-electron chi connectivity index (χ4n) is 1.77. The van der Waals surface area contributed by atoms with Gasteiger partial charge in [-0.15, -0.1) is 0 Å². The summed E-state index contributed by atoms with van der Waals surface area (Å²) in [6, 6.07) is 10.8. The molecule has 114 valence electrons. The summed E-state index contributed by atoms with van der Waals surface area (Å²) in [5.74, 6) is 0.895. The highest BCUT2D eigenvalue weighted by Crippen LogP contribution is 2.19. The normalized spacial score (nSPS) is 10.6. The van der Waals surface area contributed by atoms with E-state index in [1.807, 2.05) is 31.2 Å². The molecule has 1 N–H and O–H groups in total. The lowest BCUT2D eigenvalue weighted by Crippen LogP contribution is -2.09. The van der Waals surface area contributed by atoms with Crippen molar-refractivity contribution in [3.05, 3.63) is 59.3 Å². The summed E-state index contributed by atoms with van der Waals surface area (Å²) in [6.07, 6.45) is 5.62. The maximum Gasteiger partial charge on any atom is 0.249 e. The van der Waals surface area contributed by atoms with Crippen molar-refractivity contribution in [2.75, 3.05) is 11.9 Å². The maximum absolute atomic E-state index is 11.9. The Bertz CT molecular complexity index is 671. The van der Waals surface area contributed by atoms with Gasteiger partial charge >= 0.3 is 0 Å². The van der Waals surface area contributed by atoms with Crippen LogP contribution in [0.2, 0.25) is 5.02 Å². The van der Waals surface area contributed by atoms with Gasteiger partial charge in [-0.3, -0.25) is 4.79 Å². The van der Waals surface area contributed by atoms with Crippen LogP contribution in [0.3, 0.4) is 0 Å². The molecule has 0 unspecified atom stereocenters. The van der Waals surface area contributed by atoms with E-state index in [0.717, 1.165) is 17.7 Å². The average Bonchev–Trinajstić information content (AvgIpc) is 2.51. The van der Waals surface area contributed by atoms with Gasteiger partial charge in [0.25, 0.3) is 0 Å². The number of aromatic nitrogens is 1. The van der Waals surface area contributed by atoms with Crippen molar-refractivity contribution in [3.63, 3.8) is 0 Å². The molecule has 1 aromatic carbocycles. The van der Waals surface area contributed by atoms with Crippen LogP contribution in [0.4, 0.5) is 5.82 Å². The Morgan fingerprint density at radius 3 is 2.95 bits per heavy atom. The van der Waals surface area contributed by atoms with Gasteiger partial charge in [-0.1, -0.05) is 36.7 Å². The number of halogens is 1. The van der Waals surface area contributed by atoms with Gasteiger partial charge in [0.15, 0.2) is 0 Å². The van der Waals surface area contributed by atoms with E-state index in [1.54, 1.807) is 18.2 Å². The fourth-order valence-corrected chi connectivity index (χ4v) is 1.93. The molecule has 0 fully saturated rings. The first-order chi connectivity index (χ1) is 10.7. The smallest absolute Gasteiger partial charge is 0.249 e. The number of anilines is 1. The van der Waals surface area contributed by atoms with E-state index in [2.05, 4.69) is 10.3 Å². The van der Waals surface area contributed by atoms with Crippen molar-refractivity contribution in [1.82, 2.24) is 4.98 Å². The van der Waals surface area contributed by atoms with Crippen molar-refractivity contribution in [3.8, 4) is 5.75 Å². The van der Waals surface area contributed by atoms with E-state index in [0.29, 0.717) is 17.4 Å². The number of rotatable bonds is 6. The monoisotopic (exact) mass is 316 g/mol. The Balaban J connectivity index is 2.03. The third kappa shape index (κ3) is 4.90. The third-order valence-corrected chi connectivity index (χ3v) is 3.00. The molecule has 0 aliphatic carbocycles. The number of nitrogens with one attached hydrogen (secondary N) is 1. The summed E-state index contributed by atoms with van der Waals surface area (Å²) >= 11 is 5.84. The quantitative estimate of drug-likeness (QED) is 0.813. The Morgan fingerprint density at radius 2 is 2.18 bits per heavy atom. The molecule has 4 nitrogen and oxygen atoms in total. The average molecular weight is 317 g/mol. The molecule has 1 amide bonds. The number of carbonyl (C=O) groups is 1. The van der Waals surface area contributed by atoms with Crippen LogP contribution in [-0.2, 0) is 4.79 Å². The lowest BCUT2D eigenvalue weighted by molar-refractivity contribution is -0.111. The molecule has 0 bridgehead atoms. The van der Waals surface area contributed by atoms with E-state index in [4.69, 9.17) is 16.3 Å². The van der Waals surface area contributed by atoms with E-state index >= 15 is 0 Å². The van der Waals surface area contributed by atoms with Crippen LogP contribution in [0, 0.1) is 0 Å². The fraction of sp³-hybridized carbons (Fsp3) is 0.176. The van der Waals surface area contributed by atoms with Crippen LogP contribution in [0.5, 0.6) is 5.75 Å². The van der Waals surface area contributed by atoms with Gasteiger partial charge in [-0.25, -0.2) is 4.98 Å². The molecular formula is C17H17ClN2O2. The second-order valence-corrected chi connectivity index (χ2v) is 5.00. The first-order valence-corrected chi connectivity index (χ1v) is 7.39. The number of benzene rings is 1. The van der Waals surface area contributed by atoms with Crippen LogP contribution in [0.15, 0.2) is 48.7 Å². The van der Waals surface area contributed by atoms with Crippen molar-refractivity contribution >= 4 is 29.4 Å². The number of amides is 1. The molecule has 1 heterocycles. The molecule has 2 rings (SSSR count). The zero-order chi connectivity index (χ0) is 15.8. The predicted molar refractivity (Wildman–Crippen MR) is 89.1 cm³/mol. The third-order valence-electron chi connectivity index (χ3n) is 2.77. The van der Waals surface area contributed by atoms with E-state index in [9.17, 15) is 4.79 Å². The van der Waals surface area contributed by atoms with Crippen LogP contribution < -0.4 is 10.1 Å². The van der Waals surface area contributed by atoms with Crippen LogP contribution in [0.25, 0.3) is 6.08 Å². The Morgan fingerprint density at radius 1 is 1.36 bits per heavy atom. The zero-order valence-corrected chi connectivity index (χ0v) is 13.0. The first kappa shape index (κ1) is 16.0. The lowest BCUT2D eigenvalue weighted by atomic mass is 10.2. The van der Waals surface area contributed by atoms with Crippen molar-refractivity contribution in [1.29, 1.82) is 0 Å². The van der Waals surface area contributed by atoms with Crippen LogP contribution in [-0.4, -0.2) is 17.5 Å². The van der Waals surface area contributed by atoms with Crippen molar-refractivity contribution in [2.45, 2.75) is 13.3 Å². The van der Waals surface area contributed by atoms with Crippen molar-refractivity contribution < 1.29 is 9.53 Å². The maximum atomic E-state index is 11.9. The zero-order valence-electron chi connectivity index (χ0n) is 12.3. The van der Waals surface area contributed by atoms with E-state index in [-0.39, 0.29) is 5.91 Å². The number of nitrogens with zero attached hydrogens (tertiary/aromatic N) is 1. The van der Waals surface area contributed by atoms with Gasteiger partial charge in [-0.05, 0) is 30.7 Å². The molecule has 2 aromatic rings. The number of carbonyl (C=O) groups excluding carboxylic acids is 1. The summed E-state index contributed by atoms with van der Waals surface area (Å²) < 4.78 is 5.64. The molecule has 1 aromatic heterocycles. The minimum Gasteiger partial charge on any atom is -0.493 e. The highest BCUT2D eigenvalue weighted by Gasteiger charge is 2.02. The van der Waals surface area contributed by atoms with Crippen molar-refractivity contribution in [2.24, 2.45) is 0 Å². The van der Waals surface area contributed by atoms with Gasteiger partial charge in [0.2, 0.25) is 5.91 Å². The minimum absolute atomic E-state index is 0.278. The van der Waals surface area contributed by atoms with Gasteiger partial charge in [0.1, 0.15) is 11.6 Å². The van der Waals surface area contributed by atoms with Gasteiger partial charge in [-0.2, -0.15) is 0 Å². The summed E-state index contributed by atoms with van der Waals surface area (Å²) in [5.41, 5.74) is 0.852. The molecule has 0 saturated carbocycles. The summed E-state index contributed by atoms with van der Waals surface area (Å²) in [7, 11) is 0. The molecule has 22 heavy (non-hydrogen) atoms. The van der Waals surface area contributed by atoms with Gasteiger partial charge in [0, 0.05) is 22.9 Å². The molecule has 0 aliphatic rings. The number of ether oxygens (including phenoxy) is 1. The number of hydrogen-bond donors (Lipinski definition) is 1. The Kier molecular flexibility index (Phi) is 5.98. The number of pyridine rings is 1. The predicted octanol–water partition coefficient (Wildman–Crippen LogP) is 4.18. The summed E-state index contributed by atoms with van der Waals surface area (Å²) in [5, 5.41) is 3.17. The first-order valence-electron chi connectivity index (χ1n) is 7.01. The SMILES string of the molecule is CCCOc1ccccc1/C=C/C(=O)Nc1cc(Cl)ccn1. The molecule has 0 radical (unpaired) electrons. The standard InChI is InChI=1S/C17H17ClN2O2/c1-2-11-22-15-6-4-3-5-13(15)7-8-17(21)20-16-12-14(18)9-10-19-16/h3-10,12H,2,11H2,1H3,(H,19,20,21)/b8-7+. The minimum atomic E-state index is -0.278. The number of hydrogen-bond acceptors (Lipinski definition) is 3. The van der Waals surface area contributed by atoms with Crippen LogP contribution >= 0.6 is 11.6 Å². The lowest BCUT2D eigenvalue weighted by Gasteiger charge is -2.07. The largest absolute Gasteiger partial charge is 0.493 e. The van der Waals surface area contributed by atoms with Gasteiger partial charge in [0.05, 0.1) is 6.61 Å². The second kappa shape index (κ2) is 8.20. The van der Waals surface area contributed by atoms with Crippen LogP contribution in [0.1, 0.15) is 18.9 Å². The Labute approximate surface area is 134 Å². The molecular weight excluding hydrogens is 300 g/mol.